The summed E-state index contributed by atoms with van der Waals surface area (Å²) in [5.74, 6) is 0.174. The van der Waals surface area contributed by atoms with Crippen molar-refractivity contribution in [3.8, 4) is 0 Å². The third-order valence-electron chi connectivity index (χ3n) is 4.03. The van der Waals surface area contributed by atoms with Crippen LogP contribution in [0.25, 0.3) is 0 Å². The summed E-state index contributed by atoms with van der Waals surface area (Å²) in [5.41, 5.74) is 6.80. The molecular formula is C15H21Cl3N2O. The lowest BCUT2D eigenvalue weighted by molar-refractivity contribution is -0.130. The topological polar surface area (TPSA) is 46.3 Å². The summed E-state index contributed by atoms with van der Waals surface area (Å²) in [5, 5.41) is 1.24. The second-order valence-corrected chi connectivity index (χ2v) is 6.66. The molecule has 2 N–H and O–H groups in total. The van der Waals surface area contributed by atoms with Gasteiger partial charge in [-0.1, -0.05) is 36.2 Å². The van der Waals surface area contributed by atoms with Crippen LogP contribution >= 0.6 is 35.6 Å². The predicted molar refractivity (Wildman–Crippen MR) is 90.4 cm³/mol. The van der Waals surface area contributed by atoms with E-state index < -0.39 is 0 Å². The number of carbonyl (C=O) groups is 1. The van der Waals surface area contributed by atoms with Crippen LogP contribution in [0.4, 0.5) is 0 Å². The smallest absolute Gasteiger partial charge is 0.222 e. The molecule has 21 heavy (non-hydrogen) atoms. The molecule has 1 amide bonds. The summed E-state index contributed by atoms with van der Waals surface area (Å²) in [6.07, 6.45) is 2.10. The molecule has 0 spiro atoms. The molecule has 1 aliphatic rings. The number of nitrogens with zero attached hydrogens (tertiary/aromatic N) is 1. The van der Waals surface area contributed by atoms with Gasteiger partial charge in [0.2, 0.25) is 5.91 Å². The summed E-state index contributed by atoms with van der Waals surface area (Å²) in [6, 6.07) is 5.39. The minimum absolute atomic E-state index is 0. The van der Waals surface area contributed by atoms with Crippen LogP contribution in [0.1, 0.15) is 25.3 Å². The molecule has 1 aromatic rings. The fourth-order valence-corrected chi connectivity index (χ4v) is 3.03. The molecule has 0 saturated carbocycles. The average Bonchev–Trinajstić information content (AvgIpc) is 2.81. The van der Waals surface area contributed by atoms with Gasteiger partial charge in [0.25, 0.3) is 0 Å². The van der Waals surface area contributed by atoms with Gasteiger partial charge in [0, 0.05) is 29.6 Å². The van der Waals surface area contributed by atoms with Crippen molar-refractivity contribution in [2.45, 2.75) is 26.2 Å². The average molecular weight is 352 g/mol. The lowest BCUT2D eigenvalue weighted by Crippen LogP contribution is -2.34. The van der Waals surface area contributed by atoms with Gasteiger partial charge in [0.15, 0.2) is 0 Å². The highest BCUT2D eigenvalue weighted by Gasteiger charge is 2.34. The van der Waals surface area contributed by atoms with Crippen molar-refractivity contribution in [3.05, 3.63) is 33.8 Å². The summed E-state index contributed by atoms with van der Waals surface area (Å²) in [6.45, 7) is 4.33. The van der Waals surface area contributed by atoms with Crippen LogP contribution in [0.3, 0.4) is 0 Å². The predicted octanol–water partition coefficient (Wildman–Crippen LogP) is 3.55. The zero-order chi connectivity index (χ0) is 14.8. The molecule has 1 fully saturated rings. The van der Waals surface area contributed by atoms with E-state index in [0.29, 0.717) is 29.4 Å². The van der Waals surface area contributed by atoms with E-state index >= 15 is 0 Å². The second kappa shape index (κ2) is 7.68. The van der Waals surface area contributed by atoms with E-state index in [-0.39, 0.29) is 23.7 Å². The van der Waals surface area contributed by atoms with E-state index in [2.05, 4.69) is 6.92 Å². The first-order valence-corrected chi connectivity index (χ1v) is 7.61. The van der Waals surface area contributed by atoms with Gasteiger partial charge >= 0.3 is 0 Å². The molecule has 6 heteroatoms. The maximum atomic E-state index is 12.2. The minimum atomic E-state index is 0. The van der Waals surface area contributed by atoms with Gasteiger partial charge in [0.1, 0.15) is 0 Å². The number of amides is 1. The molecule has 2 rings (SSSR count). The van der Waals surface area contributed by atoms with Crippen LogP contribution in [0.15, 0.2) is 18.2 Å². The summed E-state index contributed by atoms with van der Waals surface area (Å²) < 4.78 is 0. The Morgan fingerprint density at radius 1 is 1.43 bits per heavy atom. The van der Waals surface area contributed by atoms with Gasteiger partial charge < -0.3 is 10.6 Å². The van der Waals surface area contributed by atoms with Crippen LogP contribution in [-0.4, -0.2) is 30.4 Å². The lowest BCUT2D eigenvalue weighted by Gasteiger charge is -2.22. The highest BCUT2D eigenvalue weighted by Crippen LogP contribution is 2.29. The van der Waals surface area contributed by atoms with Crippen molar-refractivity contribution < 1.29 is 4.79 Å². The third kappa shape index (κ3) is 4.75. The molecule has 1 aromatic carbocycles. The van der Waals surface area contributed by atoms with Crippen molar-refractivity contribution in [2.24, 2.45) is 11.1 Å². The Kier molecular flexibility index (Phi) is 6.79. The number of halogens is 3. The van der Waals surface area contributed by atoms with E-state index in [0.717, 1.165) is 25.1 Å². The quantitative estimate of drug-likeness (QED) is 0.901. The number of likely N-dealkylation sites (tertiary alicyclic amines) is 1. The molecule has 0 aliphatic carbocycles. The fraction of sp³-hybridized carbons (Fsp3) is 0.533. The SMILES string of the molecule is CC1(CN)CCN(C(=O)CCc2ccc(Cl)cc2Cl)C1.Cl. The standard InChI is InChI=1S/C15H20Cl2N2O.ClH/c1-15(9-18)6-7-19(10-15)14(20)5-3-11-2-4-12(16)8-13(11)17;/h2,4,8H,3,5-7,9-10,18H2,1H3;1H. The van der Waals surface area contributed by atoms with Gasteiger partial charge in [0.05, 0.1) is 0 Å². The first-order valence-electron chi connectivity index (χ1n) is 6.85. The van der Waals surface area contributed by atoms with Gasteiger partial charge in [-0.05, 0) is 42.5 Å². The number of rotatable bonds is 4. The molecule has 1 aliphatic heterocycles. The van der Waals surface area contributed by atoms with Crippen molar-refractivity contribution >= 4 is 41.5 Å². The normalized spacial score (nSPS) is 21.2. The van der Waals surface area contributed by atoms with Gasteiger partial charge in [-0.2, -0.15) is 0 Å². The Bertz CT molecular complexity index is 510. The van der Waals surface area contributed by atoms with Crippen molar-refractivity contribution in [1.82, 2.24) is 4.90 Å². The maximum absolute atomic E-state index is 12.2. The Balaban J connectivity index is 0.00000220. The number of carbonyl (C=O) groups excluding carboxylic acids is 1. The van der Waals surface area contributed by atoms with Crippen LogP contribution in [-0.2, 0) is 11.2 Å². The second-order valence-electron chi connectivity index (χ2n) is 5.82. The first kappa shape index (κ1) is 18.6. The van der Waals surface area contributed by atoms with Gasteiger partial charge in [-0.25, -0.2) is 0 Å². The number of hydrogen-bond donors (Lipinski definition) is 1. The number of aryl methyl sites for hydroxylation is 1. The largest absolute Gasteiger partial charge is 0.342 e. The molecule has 1 atom stereocenters. The van der Waals surface area contributed by atoms with Crippen LogP contribution < -0.4 is 5.73 Å². The molecule has 118 valence electrons. The van der Waals surface area contributed by atoms with E-state index in [1.54, 1.807) is 12.1 Å². The van der Waals surface area contributed by atoms with E-state index in [1.807, 2.05) is 11.0 Å². The van der Waals surface area contributed by atoms with Crippen LogP contribution in [0, 0.1) is 5.41 Å². The number of nitrogens with two attached hydrogens (primary N) is 1. The Hall–Kier alpha value is -0.480. The minimum Gasteiger partial charge on any atom is -0.342 e. The number of hydrogen-bond acceptors (Lipinski definition) is 2. The van der Waals surface area contributed by atoms with E-state index in [1.165, 1.54) is 0 Å². The van der Waals surface area contributed by atoms with E-state index in [4.69, 9.17) is 28.9 Å². The molecule has 3 nitrogen and oxygen atoms in total. The highest BCUT2D eigenvalue weighted by atomic mass is 35.5. The molecule has 0 radical (unpaired) electrons. The molecule has 0 aromatic heterocycles. The molecular weight excluding hydrogens is 331 g/mol. The first-order chi connectivity index (χ1) is 9.43. The maximum Gasteiger partial charge on any atom is 0.222 e. The highest BCUT2D eigenvalue weighted by molar-refractivity contribution is 6.35. The fourth-order valence-electron chi connectivity index (χ4n) is 2.53. The van der Waals surface area contributed by atoms with Crippen LogP contribution in [0.2, 0.25) is 10.0 Å². The van der Waals surface area contributed by atoms with Crippen LogP contribution in [0.5, 0.6) is 0 Å². The van der Waals surface area contributed by atoms with Gasteiger partial charge in [-0.15, -0.1) is 12.4 Å². The van der Waals surface area contributed by atoms with Crippen molar-refractivity contribution in [2.75, 3.05) is 19.6 Å². The lowest BCUT2D eigenvalue weighted by atomic mass is 9.90. The van der Waals surface area contributed by atoms with E-state index in [9.17, 15) is 4.79 Å². The van der Waals surface area contributed by atoms with Crippen molar-refractivity contribution in [1.29, 1.82) is 0 Å². The molecule has 1 saturated heterocycles. The Morgan fingerprint density at radius 2 is 2.14 bits per heavy atom. The zero-order valence-electron chi connectivity index (χ0n) is 12.1. The third-order valence-corrected chi connectivity index (χ3v) is 4.61. The number of benzene rings is 1. The Labute approximate surface area is 142 Å². The summed E-state index contributed by atoms with van der Waals surface area (Å²) in [7, 11) is 0. The molecule has 0 bridgehead atoms. The Morgan fingerprint density at radius 3 is 2.71 bits per heavy atom. The van der Waals surface area contributed by atoms with Crippen molar-refractivity contribution in [3.63, 3.8) is 0 Å². The van der Waals surface area contributed by atoms with Gasteiger partial charge in [-0.3, -0.25) is 4.79 Å². The summed E-state index contributed by atoms with van der Waals surface area (Å²) in [4.78, 5) is 14.1. The zero-order valence-corrected chi connectivity index (χ0v) is 14.4. The summed E-state index contributed by atoms with van der Waals surface area (Å²) >= 11 is 12.0. The molecule has 1 heterocycles. The monoisotopic (exact) mass is 350 g/mol. The molecule has 1 unspecified atom stereocenters.